The zero-order valence-electron chi connectivity index (χ0n) is 11.7. The van der Waals surface area contributed by atoms with Gasteiger partial charge in [-0.2, -0.15) is 0 Å². The Bertz CT molecular complexity index is 271. The Morgan fingerprint density at radius 3 is 2.47 bits per heavy atom. The molecular formula is C13H26N2O2. The molecule has 0 aliphatic carbocycles. The van der Waals surface area contributed by atoms with E-state index in [4.69, 9.17) is 4.74 Å². The summed E-state index contributed by atoms with van der Waals surface area (Å²) in [5.74, 6) is 0.518. The maximum Gasteiger partial charge on any atom is 0.246 e. The van der Waals surface area contributed by atoms with Crippen molar-refractivity contribution < 1.29 is 9.53 Å². The molecule has 0 atom stereocenters. The molecule has 4 heteroatoms. The number of hydrogen-bond donors (Lipinski definition) is 2. The molecule has 0 spiro atoms. The van der Waals surface area contributed by atoms with Gasteiger partial charge in [0.25, 0.3) is 0 Å². The molecule has 0 bridgehead atoms. The Balaban J connectivity index is 2.21. The van der Waals surface area contributed by atoms with Crippen LogP contribution in [0.3, 0.4) is 0 Å². The lowest BCUT2D eigenvalue weighted by atomic mass is 9.81. The van der Waals surface area contributed by atoms with Crippen molar-refractivity contribution in [2.24, 2.45) is 11.3 Å². The number of carbonyl (C=O) groups excluding carboxylic acids is 1. The van der Waals surface area contributed by atoms with E-state index in [0.717, 1.165) is 13.1 Å². The van der Waals surface area contributed by atoms with Crippen LogP contribution in [0.25, 0.3) is 0 Å². The lowest BCUT2D eigenvalue weighted by molar-refractivity contribution is -0.136. The molecule has 0 aromatic carbocycles. The summed E-state index contributed by atoms with van der Waals surface area (Å²) in [4.78, 5) is 11.6. The summed E-state index contributed by atoms with van der Waals surface area (Å²) in [6, 6.07) is 0. The molecule has 1 heterocycles. The van der Waals surface area contributed by atoms with E-state index in [2.05, 4.69) is 38.3 Å². The minimum Gasteiger partial charge on any atom is -0.363 e. The first-order valence-corrected chi connectivity index (χ1v) is 6.37. The van der Waals surface area contributed by atoms with Crippen LogP contribution in [0.15, 0.2) is 0 Å². The first-order chi connectivity index (χ1) is 7.75. The van der Waals surface area contributed by atoms with Gasteiger partial charge in [0.15, 0.2) is 0 Å². The number of rotatable bonds is 6. The Kier molecular flexibility index (Phi) is 4.55. The molecule has 1 aliphatic heterocycles. The number of nitrogens with one attached hydrogen (secondary N) is 2. The molecule has 1 saturated heterocycles. The Labute approximate surface area is 104 Å². The summed E-state index contributed by atoms with van der Waals surface area (Å²) in [7, 11) is 0. The van der Waals surface area contributed by atoms with E-state index in [1.54, 1.807) is 0 Å². The summed E-state index contributed by atoms with van der Waals surface area (Å²) in [5.41, 5.74) is -0.0253. The van der Waals surface area contributed by atoms with Gasteiger partial charge in [-0.25, -0.2) is 0 Å². The predicted octanol–water partition coefficient (Wildman–Crippen LogP) is 1.16. The van der Waals surface area contributed by atoms with Crippen molar-refractivity contribution in [3.63, 3.8) is 0 Å². The highest BCUT2D eigenvalue weighted by Crippen LogP contribution is 2.24. The molecule has 0 aromatic heterocycles. The van der Waals surface area contributed by atoms with Crippen molar-refractivity contribution in [2.75, 3.05) is 26.2 Å². The molecule has 0 aromatic rings. The number of hydrogen-bond acceptors (Lipinski definition) is 3. The van der Waals surface area contributed by atoms with Gasteiger partial charge in [0.05, 0.1) is 5.60 Å². The molecule has 100 valence electrons. The fourth-order valence-electron chi connectivity index (χ4n) is 1.40. The van der Waals surface area contributed by atoms with Crippen LogP contribution in [0, 0.1) is 11.3 Å². The molecular weight excluding hydrogens is 216 g/mol. The third kappa shape index (κ3) is 4.28. The average Bonchev–Trinajstić information content (AvgIpc) is 2.20. The average molecular weight is 242 g/mol. The first kappa shape index (κ1) is 14.5. The lowest BCUT2D eigenvalue weighted by Crippen LogP contribution is -2.59. The zero-order valence-corrected chi connectivity index (χ0v) is 11.7. The van der Waals surface area contributed by atoms with E-state index in [-0.39, 0.29) is 23.5 Å². The normalized spacial score (nSPS) is 18.9. The number of amides is 1. The first-order valence-electron chi connectivity index (χ1n) is 6.37. The lowest BCUT2D eigenvalue weighted by Gasteiger charge is -2.38. The van der Waals surface area contributed by atoms with Gasteiger partial charge in [0.2, 0.25) is 5.91 Å². The number of carbonyl (C=O) groups is 1. The summed E-state index contributed by atoms with van der Waals surface area (Å²) in [5, 5.41) is 6.08. The van der Waals surface area contributed by atoms with Crippen molar-refractivity contribution >= 4 is 5.91 Å². The maximum atomic E-state index is 11.6. The van der Waals surface area contributed by atoms with E-state index < -0.39 is 0 Å². The molecule has 1 fully saturated rings. The molecule has 1 aliphatic rings. The van der Waals surface area contributed by atoms with Crippen LogP contribution < -0.4 is 10.6 Å². The molecule has 1 rings (SSSR count). The third-order valence-electron chi connectivity index (χ3n) is 3.85. The summed E-state index contributed by atoms with van der Waals surface area (Å²) in [6.07, 6.45) is 0. The molecule has 4 nitrogen and oxygen atoms in total. The second-order valence-electron chi connectivity index (χ2n) is 6.26. The van der Waals surface area contributed by atoms with E-state index in [1.165, 1.54) is 0 Å². The summed E-state index contributed by atoms with van der Waals surface area (Å²) >= 11 is 0. The van der Waals surface area contributed by atoms with Gasteiger partial charge >= 0.3 is 0 Å². The van der Waals surface area contributed by atoms with Crippen LogP contribution in [0.2, 0.25) is 0 Å². The highest BCUT2D eigenvalue weighted by Gasteiger charge is 2.33. The summed E-state index contributed by atoms with van der Waals surface area (Å²) < 4.78 is 5.58. The van der Waals surface area contributed by atoms with Crippen LogP contribution in [0.4, 0.5) is 0 Å². The van der Waals surface area contributed by atoms with Gasteiger partial charge < -0.3 is 15.4 Å². The maximum absolute atomic E-state index is 11.6. The molecule has 0 unspecified atom stereocenters. The van der Waals surface area contributed by atoms with Crippen molar-refractivity contribution in [3.05, 3.63) is 0 Å². The Morgan fingerprint density at radius 2 is 2.06 bits per heavy atom. The number of ether oxygens (including phenoxy) is 1. The minimum absolute atomic E-state index is 0.0214. The van der Waals surface area contributed by atoms with E-state index in [9.17, 15) is 4.79 Å². The summed E-state index contributed by atoms with van der Waals surface area (Å²) in [6.45, 7) is 13.2. The highest BCUT2D eigenvalue weighted by atomic mass is 16.5. The van der Waals surface area contributed by atoms with Crippen molar-refractivity contribution in [1.29, 1.82) is 0 Å². The van der Waals surface area contributed by atoms with Gasteiger partial charge in [-0.3, -0.25) is 4.79 Å². The second-order valence-corrected chi connectivity index (χ2v) is 6.26. The Morgan fingerprint density at radius 1 is 1.47 bits per heavy atom. The van der Waals surface area contributed by atoms with Crippen LogP contribution in [-0.4, -0.2) is 37.7 Å². The standard InChI is InChI=1S/C13H26N2O2/c1-10(2)12(3,4)7-15-11(16)6-17-13(5)8-14-9-13/h10,14H,6-9H2,1-5H3,(H,15,16). The quantitative estimate of drug-likeness (QED) is 0.735. The van der Waals surface area contributed by atoms with Gasteiger partial charge in [0, 0.05) is 19.6 Å². The van der Waals surface area contributed by atoms with Gasteiger partial charge in [0.1, 0.15) is 6.61 Å². The van der Waals surface area contributed by atoms with E-state index in [1.807, 2.05) is 6.92 Å². The van der Waals surface area contributed by atoms with E-state index in [0.29, 0.717) is 12.5 Å². The zero-order chi connectivity index (χ0) is 13.1. The predicted molar refractivity (Wildman–Crippen MR) is 68.9 cm³/mol. The van der Waals surface area contributed by atoms with Crippen molar-refractivity contribution in [2.45, 2.75) is 40.2 Å². The van der Waals surface area contributed by atoms with Gasteiger partial charge in [-0.15, -0.1) is 0 Å². The highest BCUT2D eigenvalue weighted by molar-refractivity contribution is 5.77. The van der Waals surface area contributed by atoms with Crippen molar-refractivity contribution in [1.82, 2.24) is 10.6 Å². The van der Waals surface area contributed by atoms with Gasteiger partial charge in [-0.05, 0) is 18.3 Å². The minimum atomic E-state index is -0.148. The van der Waals surface area contributed by atoms with Crippen LogP contribution in [0.1, 0.15) is 34.6 Å². The van der Waals surface area contributed by atoms with Crippen LogP contribution in [-0.2, 0) is 9.53 Å². The second kappa shape index (κ2) is 5.36. The fourth-order valence-corrected chi connectivity index (χ4v) is 1.40. The Hall–Kier alpha value is -0.610. The van der Waals surface area contributed by atoms with Crippen molar-refractivity contribution in [3.8, 4) is 0 Å². The molecule has 2 N–H and O–H groups in total. The van der Waals surface area contributed by atoms with E-state index >= 15 is 0 Å². The molecule has 0 radical (unpaired) electrons. The molecule has 1 amide bonds. The largest absolute Gasteiger partial charge is 0.363 e. The molecule has 17 heavy (non-hydrogen) atoms. The topological polar surface area (TPSA) is 50.4 Å². The smallest absolute Gasteiger partial charge is 0.246 e. The fraction of sp³-hybridized carbons (Fsp3) is 0.923. The monoisotopic (exact) mass is 242 g/mol. The van der Waals surface area contributed by atoms with Crippen LogP contribution >= 0.6 is 0 Å². The SMILES string of the molecule is CC(C)C(C)(C)CNC(=O)COC1(C)CNC1. The molecule has 0 saturated carbocycles. The third-order valence-corrected chi connectivity index (χ3v) is 3.85. The van der Waals surface area contributed by atoms with Crippen LogP contribution in [0.5, 0.6) is 0 Å². The van der Waals surface area contributed by atoms with Gasteiger partial charge in [-0.1, -0.05) is 27.7 Å².